The van der Waals surface area contributed by atoms with Crippen LogP contribution in [0.25, 0.3) is 11.2 Å². The SMILES string of the molecule is O=C(Nc1ncnc2c1ncn2C1OC(C=C(F)P(=O)(O)O)C(O)C1O)c1ccccc1. The minimum Gasteiger partial charge on any atom is -0.387 e. The van der Waals surface area contributed by atoms with Gasteiger partial charge in [-0.2, -0.15) is 4.39 Å². The summed E-state index contributed by atoms with van der Waals surface area (Å²) in [6.45, 7) is 0. The third kappa shape index (κ3) is 4.17. The second-order valence-corrected chi connectivity index (χ2v) is 8.39. The molecule has 1 saturated heterocycles. The van der Waals surface area contributed by atoms with Gasteiger partial charge in [-0.1, -0.05) is 18.2 Å². The molecule has 0 radical (unpaired) electrons. The Hall–Kier alpha value is -3.06. The van der Waals surface area contributed by atoms with Crippen molar-refractivity contribution in [1.29, 1.82) is 0 Å². The molecule has 1 aromatic carbocycles. The molecule has 14 heteroatoms. The van der Waals surface area contributed by atoms with Crippen LogP contribution in [0.3, 0.4) is 0 Å². The predicted octanol–water partition coefficient (Wildman–Crippen LogP) is 0.686. The second-order valence-electron chi connectivity index (χ2n) is 6.87. The van der Waals surface area contributed by atoms with Crippen molar-refractivity contribution in [1.82, 2.24) is 19.5 Å². The quantitative estimate of drug-likeness (QED) is 0.336. The fourth-order valence-electron chi connectivity index (χ4n) is 3.18. The highest BCUT2D eigenvalue weighted by molar-refractivity contribution is 7.56. The zero-order valence-electron chi connectivity index (χ0n) is 16.1. The van der Waals surface area contributed by atoms with Crippen molar-refractivity contribution in [2.75, 3.05) is 5.32 Å². The molecule has 32 heavy (non-hydrogen) atoms. The van der Waals surface area contributed by atoms with Crippen LogP contribution in [0.15, 0.2) is 54.6 Å². The molecule has 1 amide bonds. The maximum Gasteiger partial charge on any atom is 0.384 e. The van der Waals surface area contributed by atoms with Crippen molar-refractivity contribution in [3.8, 4) is 0 Å². The molecule has 0 saturated carbocycles. The van der Waals surface area contributed by atoms with E-state index in [0.717, 1.165) is 6.33 Å². The zero-order chi connectivity index (χ0) is 23.0. The van der Waals surface area contributed by atoms with Gasteiger partial charge in [0.15, 0.2) is 23.2 Å². The highest BCUT2D eigenvalue weighted by Crippen LogP contribution is 2.47. The number of nitrogens with zero attached hydrogens (tertiary/aromatic N) is 4. The fourth-order valence-corrected chi connectivity index (χ4v) is 3.53. The van der Waals surface area contributed by atoms with Gasteiger partial charge in [0.25, 0.3) is 5.91 Å². The van der Waals surface area contributed by atoms with Gasteiger partial charge in [-0.25, -0.2) is 15.0 Å². The summed E-state index contributed by atoms with van der Waals surface area (Å²) in [6.07, 6.45) is -3.38. The van der Waals surface area contributed by atoms with Crippen LogP contribution in [0.1, 0.15) is 16.6 Å². The number of aliphatic hydroxyl groups is 2. The number of aromatic nitrogens is 4. The maximum atomic E-state index is 13.6. The van der Waals surface area contributed by atoms with E-state index in [2.05, 4.69) is 20.3 Å². The van der Waals surface area contributed by atoms with Crippen LogP contribution >= 0.6 is 7.60 Å². The number of ether oxygens (including phenoxy) is 1. The molecule has 1 fully saturated rings. The molecule has 3 aromatic rings. The van der Waals surface area contributed by atoms with E-state index in [1.165, 1.54) is 10.9 Å². The number of carbonyl (C=O) groups is 1. The molecule has 4 atom stereocenters. The summed E-state index contributed by atoms with van der Waals surface area (Å²) in [4.78, 5) is 42.4. The molecule has 12 nitrogen and oxygen atoms in total. The summed E-state index contributed by atoms with van der Waals surface area (Å²) in [5.41, 5.74) is -1.13. The summed E-state index contributed by atoms with van der Waals surface area (Å²) in [6, 6.07) is 8.38. The van der Waals surface area contributed by atoms with Crippen LogP contribution in [0.2, 0.25) is 0 Å². The normalized spacial score (nSPS) is 24.1. The summed E-state index contributed by atoms with van der Waals surface area (Å²) in [5, 5.41) is 23.1. The lowest BCUT2D eigenvalue weighted by Crippen LogP contribution is -2.30. The molecule has 2 aromatic heterocycles. The molecule has 3 heterocycles. The highest BCUT2D eigenvalue weighted by Gasteiger charge is 2.44. The Kier molecular flexibility index (Phi) is 5.86. The number of hydrogen-bond acceptors (Lipinski definition) is 8. The Balaban J connectivity index is 1.63. The van der Waals surface area contributed by atoms with E-state index in [4.69, 9.17) is 14.5 Å². The Bertz CT molecular complexity index is 1230. The van der Waals surface area contributed by atoms with Crippen LogP contribution in [0, 0.1) is 0 Å². The van der Waals surface area contributed by atoms with Gasteiger partial charge in [-0.15, -0.1) is 0 Å². The first-order valence-corrected chi connectivity index (χ1v) is 10.8. The first kappa shape index (κ1) is 22.1. The summed E-state index contributed by atoms with van der Waals surface area (Å²) in [5.74, 6) is -0.356. The van der Waals surface area contributed by atoms with Crippen molar-refractivity contribution in [2.45, 2.75) is 24.5 Å². The number of carbonyl (C=O) groups excluding carboxylic acids is 1. The van der Waals surface area contributed by atoms with Crippen molar-refractivity contribution in [3.63, 3.8) is 0 Å². The largest absolute Gasteiger partial charge is 0.387 e. The Morgan fingerprint density at radius 2 is 1.88 bits per heavy atom. The lowest BCUT2D eigenvalue weighted by Gasteiger charge is -2.16. The third-order valence-electron chi connectivity index (χ3n) is 4.76. The number of halogens is 1. The molecule has 4 unspecified atom stereocenters. The van der Waals surface area contributed by atoms with Gasteiger partial charge >= 0.3 is 7.60 Å². The van der Waals surface area contributed by atoms with Gasteiger partial charge in [-0.05, 0) is 18.2 Å². The number of rotatable bonds is 5. The average Bonchev–Trinajstić information content (AvgIpc) is 3.31. The first-order valence-electron chi connectivity index (χ1n) is 9.16. The number of hydrogen-bond donors (Lipinski definition) is 5. The Morgan fingerprint density at radius 1 is 1.16 bits per heavy atom. The maximum absolute atomic E-state index is 13.6. The van der Waals surface area contributed by atoms with Gasteiger partial charge in [0.05, 0.1) is 6.33 Å². The standard InChI is InChI=1S/C18H17FN5O7P/c19-11(32(28,29)30)6-10-13(25)14(26)18(31-10)24-8-22-12-15(20-7-21-16(12)24)23-17(27)9-4-2-1-3-5-9/h1-8,10,13-14,18,25-26H,(H2,28,29,30)(H,20,21,23,27). The molecule has 0 bridgehead atoms. The molecule has 4 rings (SSSR count). The van der Waals surface area contributed by atoms with Gasteiger partial charge in [0.1, 0.15) is 24.6 Å². The minimum atomic E-state index is -5.18. The van der Waals surface area contributed by atoms with E-state index in [1.807, 2.05) is 0 Å². The third-order valence-corrected chi connectivity index (χ3v) is 5.46. The monoisotopic (exact) mass is 465 g/mol. The lowest BCUT2D eigenvalue weighted by molar-refractivity contribution is -0.0246. The number of benzene rings is 1. The zero-order valence-corrected chi connectivity index (χ0v) is 17.0. The molecule has 5 N–H and O–H groups in total. The predicted molar refractivity (Wildman–Crippen MR) is 107 cm³/mol. The van der Waals surface area contributed by atoms with Crippen molar-refractivity contribution >= 4 is 30.5 Å². The van der Waals surface area contributed by atoms with Crippen LogP contribution in [0.5, 0.6) is 0 Å². The lowest BCUT2D eigenvalue weighted by atomic mass is 10.1. The highest BCUT2D eigenvalue weighted by atomic mass is 31.2. The number of fused-ring (bicyclic) bond motifs is 1. The van der Waals surface area contributed by atoms with Crippen molar-refractivity contribution < 1.29 is 38.5 Å². The summed E-state index contributed by atoms with van der Waals surface area (Å²) >= 11 is 0. The van der Waals surface area contributed by atoms with E-state index < -0.39 is 43.6 Å². The molecule has 0 aliphatic carbocycles. The smallest absolute Gasteiger partial charge is 0.384 e. The summed E-state index contributed by atoms with van der Waals surface area (Å²) in [7, 11) is -5.18. The van der Waals surface area contributed by atoms with Crippen LogP contribution < -0.4 is 5.32 Å². The number of amides is 1. The van der Waals surface area contributed by atoms with Crippen molar-refractivity contribution in [3.05, 3.63) is 60.2 Å². The average molecular weight is 465 g/mol. The molecular formula is C18H17FN5O7P. The summed E-state index contributed by atoms with van der Waals surface area (Å²) < 4.78 is 31.3. The van der Waals surface area contributed by atoms with Gasteiger partial charge in [-0.3, -0.25) is 13.9 Å². The van der Waals surface area contributed by atoms with E-state index in [9.17, 15) is 24.0 Å². The van der Waals surface area contributed by atoms with E-state index in [1.54, 1.807) is 30.3 Å². The molecule has 1 aliphatic heterocycles. The number of anilines is 1. The molecule has 1 aliphatic rings. The second kappa shape index (κ2) is 8.47. The molecule has 168 valence electrons. The molecular weight excluding hydrogens is 448 g/mol. The van der Waals surface area contributed by atoms with Crippen LogP contribution in [-0.2, 0) is 9.30 Å². The van der Waals surface area contributed by atoms with E-state index >= 15 is 0 Å². The van der Waals surface area contributed by atoms with Gasteiger partial charge in [0, 0.05) is 5.56 Å². The van der Waals surface area contributed by atoms with Gasteiger partial charge in [0.2, 0.25) is 5.57 Å². The van der Waals surface area contributed by atoms with Crippen molar-refractivity contribution in [2.24, 2.45) is 0 Å². The van der Waals surface area contributed by atoms with E-state index in [0.29, 0.717) is 11.6 Å². The first-order chi connectivity index (χ1) is 15.2. The molecule has 0 spiro atoms. The van der Waals surface area contributed by atoms with Crippen LogP contribution in [-0.4, -0.2) is 63.7 Å². The minimum absolute atomic E-state index is 0.0830. The number of imidazole rings is 1. The fraction of sp³-hybridized carbons (Fsp3) is 0.222. The van der Waals surface area contributed by atoms with Crippen LogP contribution in [0.4, 0.5) is 10.2 Å². The van der Waals surface area contributed by atoms with Gasteiger partial charge < -0.3 is 30.1 Å². The topological polar surface area (TPSA) is 180 Å². The Labute approximate surface area is 179 Å². The Morgan fingerprint density at radius 3 is 2.56 bits per heavy atom. The number of nitrogens with one attached hydrogen (secondary N) is 1. The number of aliphatic hydroxyl groups excluding tert-OH is 2. The van der Waals surface area contributed by atoms with E-state index in [-0.39, 0.29) is 17.0 Å².